The van der Waals surface area contributed by atoms with Crippen LogP contribution in [-0.2, 0) is 26.4 Å². The monoisotopic (exact) mass is 434 g/mol. The van der Waals surface area contributed by atoms with Crippen molar-refractivity contribution < 1.29 is 4.39 Å². The van der Waals surface area contributed by atoms with Gasteiger partial charge >= 0.3 is 0 Å². The summed E-state index contributed by atoms with van der Waals surface area (Å²) >= 11 is 0. The summed E-state index contributed by atoms with van der Waals surface area (Å²) in [6, 6.07) is 7.64. The zero-order valence-corrected chi connectivity index (χ0v) is 19.2. The highest BCUT2D eigenvalue weighted by molar-refractivity contribution is 5.66. The van der Waals surface area contributed by atoms with E-state index in [1.165, 1.54) is 16.7 Å². The highest BCUT2D eigenvalue weighted by atomic mass is 19.1. The Bertz CT molecular complexity index is 1120. The second-order valence-corrected chi connectivity index (χ2v) is 9.23. The molecule has 32 heavy (non-hydrogen) atoms. The third-order valence-corrected chi connectivity index (χ3v) is 7.19. The number of anilines is 1. The van der Waals surface area contributed by atoms with Crippen LogP contribution in [0.15, 0.2) is 30.5 Å². The van der Waals surface area contributed by atoms with Gasteiger partial charge in [-0.2, -0.15) is 5.10 Å². The van der Waals surface area contributed by atoms with Gasteiger partial charge in [0.1, 0.15) is 11.5 Å². The van der Waals surface area contributed by atoms with Crippen LogP contribution < -0.4 is 4.90 Å². The summed E-state index contributed by atoms with van der Waals surface area (Å²) in [5.41, 5.74) is 6.98. The van der Waals surface area contributed by atoms with E-state index in [1.807, 2.05) is 37.0 Å². The SMILES string of the molecule is Cc1cc(F)ccc1CN(C)C1CCN(c2nnc(-c3ccnn3C)c3c2CCC3)CC1. The van der Waals surface area contributed by atoms with Crippen LogP contribution in [0.2, 0.25) is 0 Å². The molecule has 1 aliphatic carbocycles. The Morgan fingerprint density at radius 2 is 1.88 bits per heavy atom. The van der Waals surface area contributed by atoms with Crippen LogP contribution in [0.4, 0.5) is 10.2 Å². The molecule has 2 aliphatic rings. The first-order chi connectivity index (χ1) is 15.5. The first kappa shape index (κ1) is 21.1. The smallest absolute Gasteiger partial charge is 0.154 e. The lowest BCUT2D eigenvalue weighted by Crippen LogP contribution is -2.43. The number of benzene rings is 1. The number of fused-ring (bicyclic) bond motifs is 1. The maximum Gasteiger partial charge on any atom is 0.154 e. The lowest BCUT2D eigenvalue weighted by molar-refractivity contribution is 0.199. The van der Waals surface area contributed by atoms with Gasteiger partial charge < -0.3 is 4.90 Å². The summed E-state index contributed by atoms with van der Waals surface area (Å²) in [6.07, 6.45) is 7.31. The number of rotatable bonds is 5. The standard InChI is InChI=1S/C25H31FN6/c1-17-15-19(26)8-7-18(17)16-30(2)20-10-13-32(14-11-20)25-22-6-4-5-21(22)24(28-29-25)23-9-12-27-31(23)3/h7-9,12,15,20H,4-6,10-11,13-14,16H2,1-3H3. The average Bonchev–Trinajstić information content (AvgIpc) is 3.44. The van der Waals surface area contributed by atoms with E-state index < -0.39 is 0 Å². The lowest BCUT2D eigenvalue weighted by atomic mass is 10.0. The van der Waals surface area contributed by atoms with Crippen LogP contribution in [0.5, 0.6) is 0 Å². The molecule has 2 aromatic heterocycles. The van der Waals surface area contributed by atoms with Crippen molar-refractivity contribution in [1.82, 2.24) is 24.9 Å². The number of hydrogen-bond donors (Lipinski definition) is 0. The van der Waals surface area contributed by atoms with E-state index in [0.29, 0.717) is 6.04 Å². The molecule has 0 amide bonds. The zero-order chi connectivity index (χ0) is 22.2. The maximum absolute atomic E-state index is 13.4. The van der Waals surface area contributed by atoms with E-state index in [0.717, 1.165) is 74.5 Å². The fourth-order valence-corrected chi connectivity index (χ4v) is 5.29. The van der Waals surface area contributed by atoms with Crippen LogP contribution in [-0.4, -0.2) is 51.1 Å². The van der Waals surface area contributed by atoms with E-state index in [9.17, 15) is 4.39 Å². The largest absolute Gasteiger partial charge is 0.355 e. The van der Waals surface area contributed by atoms with Crippen molar-refractivity contribution in [3.05, 3.63) is 58.5 Å². The fraction of sp³-hybridized carbons (Fsp3) is 0.480. The van der Waals surface area contributed by atoms with Gasteiger partial charge in [-0.1, -0.05) is 6.07 Å². The van der Waals surface area contributed by atoms with Crippen molar-refractivity contribution in [3.8, 4) is 11.4 Å². The molecule has 1 aromatic carbocycles. The van der Waals surface area contributed by atoms with Gasteiger partial charge in [-0.15, -0.1) is 10.2 Å². The second kappa shape index (κ2) is 8.62. The lowest BCUT2D eigenvalue weighted by Gasteiger charge is -2.38. The molecule has 3 aromatic rings. The molecule has 3 heterocycles. The number of aryl methyl sites for hydroxylation is 2. The average molecular weight is 435 g/mol. The maximum atomic E-state index is 13.4. The Hall–Kier alpha value is -2.80. The van der Waals surface area contributed by atoms with Crippen LogP contribution in [0, 0.1) is 12.7 Å². The number of aromatic nitrogens is 4. The Morgan fingerprint density at radius 3 is 2.59 bits per heavy atom. The van der Waals surface area contributed by atoms with Gasteiger partial charge in [-0.05, 0) is 81.0 Å². The third-order valence-electron chi connectivity index (χ3n) is 7.19. The Kier molecular flexibility index (Phi) is 5.67. The van der Waals surface area contributed by atoms with E-state index in [4.69, 9.17) is 5.10 Å². The number of piperidine rings is 1. The molecule has 6 nitrogen and oxygen atoms in total. The predicted molar refractivity (Wildman–Crippen MR) is 124 cm³/mol. The molecule has 1 aliphatic heterocycles. The van der Waals surface area contributed by atoms with Crippen LogP contribution in [0.3, 0.4) is 0 Å². The van der Waals surface area contributed by atoms with Crippen LogP contribution in [0.1, 0.15) is 41.5 Å². The van der Waals surface area contributed by atoms with E-state index in [-0.39, 0.29) is 5.82 Å². The number of nitrogens with zero attached hydrogens (tertiary/aromatic N) is 6. The molecule has 1 saturated heterocycles. The molecule has 0 N–H and O–H groups in total. The summed E-state index contributed by atoms with van der Waals surface area (Å²) in [7, 11) is 4.14. The summed E-state index contributed by atoms with van der Waals surface area (Å²) in [6.45, 7) is 4.82. The van der Waals surface area contributed by atoms with Gasteiger partial charge in [-0.25, -0.2) is 4.39 Å². The molecule has 0 spiro atoms. The number of hydrogen-bond acceptors (Lipinski definition) is 5. The Morgan fingerprint density at radius 1 is 1.09 bits per heavy atom. The molecule has 0 unspecified atom stereocenters. The summed E-state index contributed by atoms with van der Waals surface area (Å²) in [5.74, 6) is 0.921. The van der Waals surface area contributed by atoms with Crippen LogP contribution >= 0.6 is 0 Å². The molecule has 168 valence electrons. The summed E-state index contributed by atoms with van der Waals surface area (Å²) in [5, 5.41) is 13.7. The zero-order valence-electron chi connectivity index (χ0n) is 19.2. The van der Waals surface area contributed by atoms with Gasteiger partial charge in [-0.3, -0.25) is 9.58 Å². The molecular weight excluding hydrogens is 403 g/mol. The van der Waals surface area contributed by atoms with Crippen molar-refractivity contribution in [2.75, 3.05) is 25.0 Å². The molecule has 0 atom stereocenters. The molecule has 0 radical (unpaired) electrons. The molecule has 5 rings (SSSR count). The van der Waals surface area contributed by atoms with E-state index in [1.54, 1.807) is 12.1 Å². The predicted octanol–water partition coefficient (Wildman–Crippen LogP) is 3.91. The molecule has 0 bridgehead atoms. The number of halogens is 1. The van der Waals surface area contributed by atoms with Crippen molar-refractivity contribution in [2.24, 2.45) is 7.05 Å². The minimum absolute atomic E-state index is 0.162. The first-order valence-corrected chi connectivity index (χ1v) is 11.6. The van der Waals surface area contributed by atoms with Gasteiger partial charge in [0.2, 0.25) is 0 Å². The third kappa shape index (κ3) is 3.90. The summed E-state index contributed by atoms with van der Waals surface area (Å²) < 4.78 is 15.3. The summed E-state index contributed by atoms with van der Waals surface area (Å²) in [4.78, 5) is 4.84. The van der Waals surface area contributed by atoms with Gasteiger partial charge in [0.15, 0.2) is 5.82 Å². The molecule has 1 fully saturated rings. The normalized spacial score (nSPS) is 16.7. The molecule has 0 saturated carbocycles. The van der Waals surface area contributed by atoms with Gasteiger partial charge in [0, 0.05) is 44.5 Å². The minimum atomic E-state index is -0.162. The van der Waals surface area contributed by atoms with E-state index >= 15 is 0 Å². The van der Waals surface area contributed by atoms with Crippen molar-refractivity contribution in [3.63, 3.8) is 0 Å². The highest BCUT2D eigenvalue weighted by Crippen LogP contribution is 2.36. The van der Waals surface area contributed by atoms with Crippen molar-refractivity contribution in [1.29, 1.82) is 0 Å². The molecular formula is C25H31FN6. The van der Waals surface area contributed by atoms with E-state index in [2.05, 4.69) is 27.0 Å². The Labute approximate surface area is 189 Å². The van der Waals surface area contributed by atoms with Crippen molar-refractivity contribution in [2.45, 2.75) is 51.6 Å². The van der Waals surface area contributed by atoms with Crippen molar-refractivity contribution >= 4 is 5.82 Å². The Balaban J connectivity index is 1.28. The second-order valence-electron chi connectivity index (χ2n) is 9.23. The quantitative estimate of drug-likeness (QED) is 0.609. The topological polar surface area (TPSA) is 50.1 Å². The van der Waals surface area contributed by atoms with Gasteiger partial charge in [0.05, 0.1) is 5.69 Å². The molecule has 7 heteroatoms. The minimum Gasteiger partial charge on any atom is -0.355 e. The first-order valence-electron chi connectivity index (χ1n) is 11.6. The van der Waals surface area contributed by atoms with Crippen LogP contribution in [0.25, 0.3) is 11.4 Å². The highest BCUT2D eigenvalue weighted by Gasteiger charge is 2.29. The van der Waals surface area contributed by atoms with Gasteiger partial charge in [0.25, 0.3) is 0 Å². The fourth-order valence-electron chi connectivity index (χ4n) is 5.29.